The maximum absolute atomic E-state index is 5.61. The van der Waals surface area contributed by atoms with Gasteiger partial charge in [0.05, 0.1) is 11.7 Å². The lowest BCUT2D eigenvalue weighted by Gasteiger charge is -2.10. The summed E-state index contributed by atoms with van der Waals surface area (Å²) in [5, 5.41) is 7.95. The molecular formula is C11H17Cl2N3O. The summed E-state index contributed by atoms with van der Waals surface area (Å²) in [4.78, 5) is 2.09. The third-order valence-electron chi connectivity index (χ3n) is 2.22. The van der Waals surface area contributed by atoms with Crippen LogP contribution < -0.4 is 4.74 Å². The number of hydrogen-bond donors (Lipinski definition) is 1. The summed E-state index contributed by atoms with van der Waals surface area (Å²) in [5.74, 6) is 0.894. The second-order valence-corrected chi connectivity index (χ2v) is 3.77. The summed E-state index contributed by atoms with van der Waals surface area (Å²) >= 11 is 0. The molecule has 0 radical (unpaired) electrons. The van der Waals surface area contributed by atoms with Crippen molar-refractivity contribution in [3.63, 3.8) is 0 Å². The van der Waals surface area contributed by atoms with Crippen LogP contribution in [0.5, 0.6) is 5.75 Å². The molecule has 96 valence electrons. The number of H-pyrrole nitrogens is 1. The van der Waals surface area contributed by atoms with Crippen LogP contribution in [0.3, 0.4) is 0 Å². The van der Waals surface area contributed by atoms with E-state index in [9.17, 15) is 0 Å². The Morgan fingerprint density at radius 3 is 2.76 bits per heavy atom. The SMILES string of the molecule is CN(C)CCOc1ccc2[nH]ncc2c1.Cl.Cl. The highest BCUT2D eigenvalue weighted by Gasteiger charge is 1.98. The molecule has 1 aromatic heterocycles. The number of benzene rings is 1. The number of ether oxygens (including phenoxy) is 1. The molecule has 17 heavy (non-hydrogen) atoms. The van der Waals surface area contributed by atoms with Crippen LogP contribution in [-0.2, 0) is 0 Å². The second kappa shape index (κ2) is 7.37. The molecule has 2 rings (SSSR count). The van der Waals surface area contributed by atoms with E-state index in [4.69, 9.17) is 4.74 Å². The number of likely N-dealkylation sites (N-methyl/N-ethyl adjacent to an activating group) is 1. The molecule has 0 atom stereocenters. The number of aromatic nitrogens is 2. The Labute approximate surface area is 113 Å². The van der Waals surface area contributed by atoms with E-state index in [0.29, 0.717) is 6.61 Å². The van der Waals surface area contributed by atoms with Gasteiger partial charge in [0.1, 0.15) is 12.4 Å². The Morgan fingerprint density at radius 1 is 1.29 bits per heavy atom. The largest absolute Gasteiger partial charge is 0.492 e. The first kappa shape index (κ1) is 16.0. The third kappa shape index (κ3) is 4.42. The highest BCUT2D eigenvalue weighted by molar-refractivity contribution is 5.85. The molecule has 1 heterocycles. The van der Waals surface area contributed by atoms with Crippen molar-refractivity contribution in [2.24, 2.45) is 0 Å². The number of fused-ring (bicyclic) bond motifs is 1. The van der Waals surface area contributed by atoms with Crippen LogP contribution >= 0.6 is 24.8 Å². The molecule has 0 unspecified atom stereocenters. The number of nitrogens with one attached hydrogen (secondary N) is 1. The minimum Gasteiger partial charge on any atom is -0.492 e. The molecule has 1 N–H and O–H groups in total. The molecule has 0 bridgehead atoms. The zero-order chi connectivity index (χ0) is 10.7. The lowest BCUT2D eigenvalue weighted by atomic mass is 10.2. The average Bonchev–Trinajstić information content (AvgIpc) is 2.64. The van der Waals surface area contributed by atoms with Crippen molar-refractivity contribution in [1.29, 1.82) is 0 Å². The van der Waals surface area contributed by atoms with Gasteiger partial charge in [-0.05, 0) is 32.3 Å². The van der Waals surface area contributed by atoms with E-state index in [1.807, 2.05) is 32.3 Å². The van der Waals surface area contributed by atoms with E-state index in [0.717, 1.165) is 23.2 Å². The highest BCUT2D eigenvalue weighted by Crippen LogP contribution is 2.18. The normalized spacial score (nSPS) is 9.82. The number of halogens is 2. The van der Waals surface area contributed by atoms with Gasteiger partial charge in [0.25, 0.3) is 0 Å². The first-order chi connectivity index (χ1) is 7.25. The molecule has 0 aliphatic carbocycles. The number of rotatable bonds is 4. The summed E-state index contributed by atoms with van der Waals surface area (Å²) in [6, 6.07) is 5.93. The quantitative estimate of drug-likeness (QED) is 0.933. The lowest BCUT2D eigenvalue weighted by molar-refractivity contribution is 0.261. The summed E-state index contributed by atoms with van der Waals surface area (Å²) in [6.07, 6.45) is 1.80. The summed E-state index contributed by atoms with van der Waals surface area (Å²) in [7, 11) is 4.06. The standard InChI is InChI=1S/C11H15N3O.2ClH/c1-14(2)5-6-15-10-3-4-11-9(7-10)8-12-13-11;;/h3-4,7-8H,5-6H2,1-2H3,(H,12,13);2*1H. The van der Waals surface area contributed by atoms with Crippen molar-refractivity contribution in [1.82, 2.24) is 15.1 Å². The Morgan fingerprint density at radius 2 is 2.06 bits per heavy atom. The van der Waals surface area contributed by atoms with Gasteiger partial charge < -0.3 is 9.64 Å². The van der Waals surface area contributed by atoms with Gasteiger partial charge >= 0.3 is 0 Å². The van der Waals surface area contributed by atoms with E-state index in [1.54, 1.807) is 6.20 Å². The van der Waals surface area contributed by atoms with Gasteiger partial charge in [0.15, 0.2) is 0 Å². The molecule has 0 saturated heterocycles. The smallest absolute Gasteiger partial charge is 0.120 e. The minimum atomic E-state index is 0. The molecule has 0 aliphatic heterocycles. The van der Waals surface area contributed by atoms with E-state index in [-0.39, 0.29) is 24.8 Å². The van der Waals surface area contributed by atoms with Crippen LogP contribution in [0, 0.1) is 0 Å². The zero-order valence-electron chi connectivity index (χ0n) is 9.84. The van der Waals surface area contributed by atoms with Crippen molar-refractivity contribution in [2.45, 2.75) is 0 Å². The molecule has 0 amide bonds. The topological polar surface area (TPSA) is 41.1 Å². The predicted molar refractivity (Wildman–Crippen MR) is 74.6 cm³/mol. The van der Waals surface area contributed by atoms with Crippen LogP contribution in [0.25, 0.3) is 10.9 Å². The van der Waals surface area contributed by atoms with Crippen molar-refractivity contribution in [2.75, 3.05) is 27.2 Å². The number of nitrogens with zero attached hydrogens (tertiary/aromatic N) is 2. The van der Waals surface area contributed by atoms with Crippen molar-refractivity contribution < 1.29 is 4.74 Å². The Hall–Kier alpha value is -0.970. The van der Waals surface area contributed by atoms with Crippen LogP contribution in [0.4, 0.5) is 0 Å². The minimum absolute atomic E-state index is 0. The Balaban J connectivity index is 0.00000128. The van der Waals surface area contributed by atoms with Crippen LogP contribution in [-0.4, -0.2) is 42.3 Å². The average molecular weight is 278 g/mol. The molecule has 1 aromatic carbocycles. The monoisotopic (exact) mass is 277 g/mol. The molecule has 4 nitrogen and oxygen atoms in total. The first-order valence-electron chi connectivity index (χ1n) is 4.96. The summed E-state index contributed by atoms with van der Waals surface area (Å²) in [6.45, 7) is 1.62. The van der Waals surface area contributed by atoms with Gasteiger partial charge in [-0.2, -0.15) is 5.10 Å². The molecular weight excluding hydrogens is 261 g/mol. The van der Waals surface area contributed by atoms with E-state index in [1.165, 1.54) is 0 Å². The van der Waals surface area contributed by atoms with Crippen LogP contribution in [0.15, 0.2) is 24.4 Å². The van der Waals surface area contributed by atoms with Gasteiger partial charge in [0.2, 0.25) is 0 Å². The second-order valence-electron chi connectivity index (χ2n) is 3.77. The zero-order valence-corrected chi connectivity index (χ0v) is 11.5. The Kier molecular flexibility index (Phi) is 6.95. The van der Waals surface area contributed by atoms with E-state index >= 15 is 0 Å². The predicted octanol–water partition coefficient (Wildman–Crippen LogP) is 2.35. The van der Waals surface area contributed by atoms with Gasteiger partial charge in [0, 0.05) is 11.9 Å². The van der Waals surface area contributed by atoms with Gasteiger partial charge in [-0.15, -0.1) is 24.8 Å². The van der Waals surface area contributed by atoms with Gasteiger partial charge in [-0.1, -0.05) is 0 Å². The molecule has 0 aliphatic rings. The summed E-state index contributed by atoms with van der Waals surface area (Å²) < 4.78 is 5.61. The Bertz CT molecular complexity index is 445. The van der Waals surface area contributed by atoms with E-state index < -0.39 is 0 Å². The van der Waals surface area contributed by atoms with E-state index in [2.05, 4.69) is 15.1 Å². The summed E-state index contributed by atoms with van der Waals surface area (Å²) in [5.41, 5.74) is 1.04. The van der Waals surface area contributed by atoms with Gasteiger partial charge in [-0.25, -0.2) is 0 Å². The lowest BCUT2D eigenvalue weighted by Crippen LogP contribution is -2.19. The number of aromatic amines is 1. The van der Waals surface area contributed by atoms with Gasteiger partial charge in [-0.3, -0.25) is 5.10 Å². The molecule has 0 saturated carbocycles. The van der Waals surface area contributed by atoms with Crippen LogP contribution in [0.2, 0.25) is 0 Å². The van der Waals surface area contributed by atoms with Crippen molar-refractivity contribution in [3.05, 3.63) is 24.4 Å². The molecule has 2 aromatic rings. The van der Waals surface area contributed by atoms with Crippen molar-refractivity contribution >= 4 is 35.7 Å². The third-order valence-corrected chi connectivity index (χ3v) is 2.22. The molecule has 0 spiro atoms. The fourth-order valence-electron chi connectivity index (χ4n) is 1.36. The highest BCUT2D eigenvalue weighted by atomic mass is 35.5. The molecule has 0 fully saturated rings. The van der Waals surface area contributed by atoms with Crippen molar-refractivity contribution in [3.8, 4) is 5.75 Å². The maximum atomic E-state index is 5.61. The maximum Gasteiger partial charge on any atom is 0.120 e. The fourth-order valence-corrected chi connectivity index (χ4v) is 1.36. The fraction of sp³-hybridized carbons (Fsp3) is 0.364. The number of hydrogen-bond acceptors (Lipinski definition) is 3. The van der Waals surface area contributed by atoms with Crippen LogP contribution in [0.1, 0.15) is 0 Å². The molecule has 6 heteroatoms. The first-order valence-corrected chi connectivity index (χ1v) is 4.96.